The van der Waals surface area contributed by atoms with E-state index in [2.05, 4.69) is 11.9 Å². The number of nitrogens with zero attached hydrogens (tertiary/aromatic N) is 2. The second kappa shape index (κ2) is 8.75. The summed E-state index contributed by atoms with van der Waals surface area (Å²) in [5.74, 6) is 0.679. The van der Waals surface area contributed by atoms with Gasteiger partial charge in [0.25, 0.3) is 5.91 Å². The van der Waals surface area contributed by atoms with Gasteiger partial charge in [-0.15, -0.1) is 0 Å². The van der Waals surface area contributed by atoms with Crippen molar-refractivity contribution in [3.63, 3.8) is 0 Å². The molecule has 1 fully saturated rings. The van der Waals surface area contributed by atoms with Gasteiger partial charge in [0.2, 0.25) is 5.91 Å². The third-order valence-electron chi connectivity index (χ3n) is 5.06. The van der Waals surface area contributed by atoms with Gasteiger partial charge < -0.3 is 19.5 Å². The Bertz CT molecular complexity index is 786. The smallest absolute Gasteiger partial charge is 0.257 e. The fraction of sp³-hybridized carbons (Fsp3) is 0.429. The number of carbonyl (C=O) groups is 2. The van der Waals surface area contributed by atoms with E-state index < -0.39 is 0 Å². The lowest BCUT2D eigenvalue weighted by molar-refractivity contribution is -0.130. The third-order valence-corrected chi connectivity index (χ3v) is 5.06. The van der Waals surface area contributed by atoms with E-state index in [0.29, 0.717) is 43.9 Å². The molecule has 6 heteroatoms. The number of ether oxygens (including phenoxy) is 1. The van der Waals surface area contributed by atoms with Gasteiger partial charge in [-0.3, -0.25) is 9.59 Å². The molecule has 0 radical (unpaired) electrons. The van der Waals surface area contributed by atoms with Crippen molar-refractivity contribution in [2.24, 2.45) is 0 Å². The average Bonchev–Trinajstić information content (AvgIpc) is 3.07. The fourth-order valence-corrected chi connectivity index (χ4v) is 3.44. The largest absolute Gasteiger partial charge is 0.496 e. The van der Waals surface area contributed by atoms with E-state index in [1.54, 1.807) is 7.11 Å². The molecule has 1 saturated heterocycles. The molecule has 1 aromatic heterocycles. The summed E-state index contributed by atoms with van der Waals surface area (Å²) in [6, 6.07) is 7.68. The first-order valence-electron chi connectivity index (χ1n) is 9.48. The highest BCUT2D eigenvalue weighted by molar-refractivity contribution is 5.97. The standard InChI is InChI=1S/C21H27N3O3/c1-3-16-5-6-19(27-2)18(13-16)21(26)24-10-4-9-23(11-12-24)20(25)14-17-7-8-22-15-17/h5-8,13,15,22H,3-4,9-12,14H2,1-2H3. The lowest BCUT2D eigenvalue weighted by Crippen LogP contribution is -2.38. The number of hydrogen-bond donors (Lipinski definition) is 1. The summed E-state index contributed by atoms with van der Waals surface area (Å²) in [4.78, 5) is 32.3. The molecule has 1 aliphatic heterocycles. The summed E-state index contributed by atoms with van der Waals surface area (Å²) in [7, 11) is 1.58. The van der Waals surface area contributed by atoms with Crippen molar-refractivity contribution in [3.8, 4) is 5.75 Å². The number of rotatable bonds is 5. The maximum Gasteiger partial charge on any atom is 0.257 e. The molecule has 6 nitrogen and oxygen atoms in total. The SMILES string of the molecule is CCc1ccc(OC)c(C(=O)N2CCCN(C(=O)Cc3cc[nH]c3)CC2)c1. The van der Waals surface area contributed by atoms with Crippen molar-refractivity contribution in [1.82, 2.24) is 14.8 Å². The number of carbonyl (C=O) groups excluding carboxylic acids is 2. The summed E-state index contributed by atoms with van der Waals surface area (Å²) in [6.07, 6.45) is 5.71. The number of aryl methyl sites for hydroxylation is 1. The maximum atomic E-state index is 13.1. The molecule has 2 aromatic rings. The molecule has 144 valence electrons. The fourth-order valence-electron chi connectivity index (χ4n) is 3.44. The Morgan fingerprint density at radius 3 is 2.56 bits per heavy atom. The average molecular weight is 369 g/mol. The zero-order valence-corrected chi connectivity index (χ0v) is 16.0. The number of hydrogen-bond acceptors (Lipinski definition) is 3. The molecular weight excluding hydrogens is 342 g/mol. The van der Waals surface area contributed by atoms with Crippen LogP contribution >= 0.6 is 0 Å². The molecule has 2 heterocycles. The maximum absolute atomic E-state index is 13.1. The van der Waals surface area contributed by atoms with Gasteiger partial charge in [0.15, 0.2) is 0 Å². The molecule has 3 rings (SSSR count). The topological polar surface area (TPSA) is 65.6 Å². The first-order chi connectivity index (χ1) is 13.1. The molecule has 0 spiro atoms. The van der Waals surface area contributed by atoms with Gasteiger partial charge in [-0.1, -0.05) is 13.0 Å². The van der Waals surface area contributed by atoms with Crippen molar-refractivity contribution < 1.29 is 14.3 Å². The number of aromatic amines is 1. The highest BCUT2D eigenvalue weighted by atomic mass is 16.5. The van der Waals surface area contributed by atoms with Gasteiger partial charge in [0.05, 0.1) is 19.1 Å². The van der Waals surface area contributed by atoms with Gasteiger partial charge in [0, 0.05) is 38.6 Å². The quantitative estimate of drug-likeness (QED) is 0.881. The first-order valence-corrected chi connectivity index (χ1v) is 9.48. The minimum absolute atomic E-state index is 0.0258. The molecule has 0 aliphatic carbocycles. The van der Waals surface area contributed by atoms with Gasteiger partial charge in [-0.05, 0) is 42.2 Å². The summed E-state index contributed by atoms with van der Waals surface area (Å²) >= 11 is 0. The monoisotopic (exact) mass is 369 g/mol. The predicted molar refractivity (Wildman–Crippen MR) is 104 cm³/mol. The number of aromatic nitrogens is 1. The minimum atomic E-state index is -0.0258. The van der Waals surface area contributed by atoms with Crippen molar-refractivity contribution in [2.75, 3.05) is 33.3 Å². The van der Waals surface area contributed by atoms with Gasteiger partial charge >= 0.3 is 0 Å². The Morgan fingerprint density at radius 2 is 1.85 bits per heavy atom. The summed E-state index contributed by atoms with van der Waals surface area (Å²) in [5, 5.41) is 0. The van der Waals surface area contributed by atoms with Crippen LogP contribution in [-0.4, -0.2) is 59.9 Å². The molecule has 0 bridgehead atoms. The van der Waals surface area contributed by atoms with Crippen LogP contribution in [0.4, 0.5) is 0 Å². The van der Waals surface area contributed by atoms with E-state index in [0.717, 1.165) is 24.0 Å². The third kappa shape index (κ3) is 4.51. The van der Waals surface area contributed by atoms with E-state index in [1.807, 2.05) is 46.5 Å². The van der Waals surface area contributed by atoms with E-state index >= 15 is 0 Å². The Morgan fingerprint density at radius 1 is 1.07 bits per heavy atom. The summed E-state index contributed by atoms with van der Waals surface area (Å²) in [6.45, 7) is 4.49. The molecule has 1 aromatic carbocycles. The van der Waals surface area contributed by atoms with Crippen LogP contribution in [0.3, 0.4) is 0 Å². The molecule has 0 unspecified atom stereocenters. The molecule has 1 aliphatic rings. The van der Waals surface area contributed by atoms with E-state index in [-0.39, 0.29) is 11.8 Å². The molecule has 27 heavy (non-hydrogen) atoms. The number of nitrogens with one attached hydrogen (secondary N) is 1. The van der Waals surface area contributed by atoms with Crippen molar-refractivity contribution in [1.29, 1.82) is 0 Å². The predicted octanol–water partition coefficient (Wildman–Crippen LogP) is 2.50. The number of benzene rings is 1. The zero-order valence-electron chi connectivity index (χ0n) is 16.0. The Labute approximate surface area is 160 Å². The van der Waals surface area contributed by atoms with Gasteiger partial charge in [-0.25, -0.2) is 0 Å². The lowest BCUT2D eigenvalue weighted by Gasteiger charge is -2.23. The van der Waals surface area contributed by atoms with Crippen LogP contribution in [0.5, 0.6) is 5.75 Å². The zero-order chi connectivity index (χ0) is 19.2. The molecule has 2 amide bonds. The number of H-pyrrole nitrogens is 1. The summed E-state index contributed by atoms with van der Waals surface area (Å²) in [5.41, 5.74) is 2.69. The molecule has 1 N–H and O–H groups in total. The number of methoxy groups -OCH3 is 1. The van der Waals surface area contributed by atoms with Crippen LogP contribution in [0.1, 0.15) is 34.8 Å². The van der Waals surface area contributed by atoms with Crippen LogP contribution in [0.25, 0.3) is 0 Å². The highest BCUT2D eigenvalue weighted by Gasteiger charge is 2.25. The van der Waals surface area contributed by atoms with E-state index in [9.17, 15) is 9.59 Å². The van der Waals surface area contributed by atoms with Gasteiger partial charge in [0.1, 0.15) is 5.75 Å². The van der Waals surface area contributed by atoms with E-state index in [1.165, 1.54) is 0 Å². The van der Waals surface area contributed by atoms with Crippen molar-refractivity contribution in [3.05, 3.63) is 53.3 Å². The van der Waals surface area contributed by atoms with E-state index in [4.69, 9.17) is 4.74 Å². The Balaban J connectivity index is 1.67. The van der Waals surface area contributed by atoms with Crippen LogP contribution < -0.4 is 4.74 Å². The Hall–Kier alpha value is -2.76. The number of amides is 2. The highest BCUT2D eigenvalue weighted by Crippen LogP contribution is 2.23. The molecule has 0 saturated carbocycles. The van der Waals surface area contributed by atoms with Crippen LogP contribution in [0.15, 0.2) is 36.7 Å². The van der Waals surface area contributed by atoms with Gasteiger partial charge in [-0.2, -0.15) is 0 Å². The molecular formula is C21H27N3O3. The first kappa shape index (κ1) is 19.0. The second-order valence-electron chi connectivity index (χ2n) is 6.81. The van der Waals surface area contributed by atoms with Crippen LogP contribution in [-0.2, 0) is 17.6 Å². The van der Waals surface area contributed by atoms with Crippen LogP contribution in [0.2, 0.25) is 0 Å². The molecule has 0 atom stereocenters. The Kier molecular flexibility index (Phi) is 6.16. The lowest BCUT2D eigenvalue weighted by atomic mass is 10.1. The van der Waals surface area contributed by atoms with Crippen molar-refractivity contribution >= 4 is 11.8 Å². The second-order valence-corrected chi connectivity index (χ2v) is 6.81. The van der Waals surface area contributed by atoms with Crippen molar-refractivity contribution in [2.45, 2.75) is 26.2 Å². The normalized spacial score (nSPS) is 14.7. The van der Waals surface area contributed by atoms with Crippen LogP contribution in [0, 0.1) is 0 Å². The minimum Gasteiger partial charge on any atom is -0.496 e. The summed E-state index contributed by atoms with van der Waals surface area (Å²) < 4.78 is 5.39.